The van der Waals surface area contributed by atoms with Crippen molar-refractivity contribution in [2.24, 2.45) is 0 Å². The molecule has 1 atom stereocenters. The molecule has 0 fully saturated rings. The van der Waals surface area contributed by atoms with Crippen LogP contribution in [0.5, 0.6) is 5.75 Å². The van der Waals surface area contributed by atoms with Crippen molar-refractivity contribution in [2.75, 3.05) is 12.4 Å². The molecule has 0 bridgehead atoms. The summed E-state index contributed by atoms with van der Waals surface area (Å²) in [6.45, 7) is 1.34. The van der Waals surface area contributed by atoms with Crippen molar-refractivity contribution in [2.45, 2.75) is 13.0 Å². The second-order valence-electron chi connectivity index (χ2n) is 5.28. The number of hydrogen-bond donors (Lipinski definition) is 1. The van der Waals surface area contributed by atoms with Crippen molar-refractivity contribution in [1.82, 2.24) is 0 Å². The van der Waals surface area contributed by atoms with Crippen LogP contribution in [0.15, 0.2) is 36.4 Å². The molecule has 27 heavy (non-hydrogen) atoms. The summed E-state index contributed by atoms with van der Waals surface area (Å²) < 4.78 is 10.2. The lowest BCUT2D eigenvalue weighted by Crippen LogP contribution is -2.30. The fourth-order valence-corrected chi connectivity index (χ4v) is 2.46. The predicted octanol–water partition coefficient (Wildman–Crippen LogP) is 4.09. The van der Waals surface area contributed by atoms with Crippen LogP contribution in [0, 0.1) is 10.1 Å². The molecule has 0 aromatic heterocycles. The first-order chi connectivity index (χ1) is 12.7. The molecule has 0 aliphatic heterocycles. The number of halogens is 2. The van der Waals surface area contributed by atoms with E-state index in [4.69, 9.17) is 32.7 Å². The van der Waals surface area contributed by atoms with Gasteiger partial charge in [-0.1, -0.05) is 29.3 Å². The molecule has 0 saturated heterocycles. The quantitative estimate of drug-likeness (QED) is 0.434. The zero-order valence-electron chi connectivity index (χ0n) is 14.2. The van der Waals surface area contributed by atoms with E-state index in [0.717, 1.165) is 6.07 Å². The van der Waals surface area contributed by atoms with Gasteiger partial charge in [0.25, 0.3) is 11.6 Å². The van der Waals surface area contributed by atoms with Crippen LogP contribution in [0.2, 0.25) is 10.0 Å². The molecule has 0 aliphatic rings. The summed E-state index contributed by atoms with van der Waals surface area (Å²) >= 11 is 11.8. The highest BCUT2D eigenvalue weighted by molar-refractivity contribution is 6.43. The maximum absolute atomic E-state index is 12.3. The number of esters is 1. The van der Waals surface area contributed by atoms with Gasteiger partial charge in [0.15, 0.2) is 6.10 Å². The standard InChI is InChI=1S/C17H14Cl2N2O6/c1-9(27-17(23)11-4-3-5-12(18)15(11)19)16(22)20-13-8-10(21(24)25)6-7-14(13)26-2/h3-9H,1-2H3,(H,20,22)/t9-/m0/s1. The predicted molar refractivity (Wildman–Crippen MR) is 99.6 cm³/mol. The van der Waals surface area contributed by atoms with Gasteiger partial charge in [0.2, 0.25) is 0 Å². The van der Waals surface area contributed by atoms with Crippen molar-refractivity contribution < 1.29 is 24.0 Å². The normalized spacial score (nSPS) is 11.4. The number of nitrogens with zero attached hydrogens (tertiary/aromatic N) is 1. The zero-order valence-corrected chi connectivity index (χ0v) is 15.7. The Hall–Kier alpha value is -2.84. The third-order valence-corrected chi connectivity index (χ3v) is 4.30. The third-order valence-electron chi connectivity index (χ3n) is 3.48. The summed E-state index contributed by atoms with van der Waals surface area (Å²) in [5, 5.41) is 13.5. The summed E-state index contributed by atoms with van der Waals surface area (Å²) in [4.78, 5) is 34.8. The van der Waals surface area contributed by atoms with Gasteiger partial charge in [0.1, 0.15) is 5.75 Å². The average molecular weight is 413 g/mol. The van der Waals surface area contributed by atoms with Crippen molar-refractivity contribution in [3.63, 3.8) is 0 Å². The molecule has 1 amide bonds. The van der Waals surface area contributed by atoms with Crippen LogP contribution < -0.4 is 10.1 Å². The third kappa shape index (κ3) is 4.87. The zero-order chi connectivity index (χ0) is 20.1. The average Bonchev–Trinajstić information content (AvgIpc) is 2.63. The van der Waals surface area contributed by atoms with Gasteiger partial charge in [-0.25, -0.2) is 4.79 Å². The van der Waals surface area contributed by atoms with Gasteiger partial charge < -0.3 is 14.8 Å². The second-order valence-corrected chi connectivity index (χ2v) is 6.07. The maximum atomic E-state index is 12.3. The molecule has 0 radical (unpaired) electrons. The molecule has 2 rings (SSSR count). The second kappa shape index (κ2) is 8.70. The number of amides is 1. The molecule has 0 spiro atoms. The summed E-state index contributed by atoms with van der Waals surface area (Å²) in [6, 6.07) is 8.15. The summed E-state index contributed by atoms with van der Waals surface area (Å²) in [5.74, 6) is -1.33. The van der Waals surface area contributed by atoms with Crippen molar-refractivity contribution in [3.05, 3.63) is 62.1 Å². The number of carbonyl (C=O) groups is 2. The highest BCUT2D eigenvalue weighted by Gasteiger charge is 2.23. The first kappa shape index (κ1) is 20.5. The molecule has 0 heterocycles. The van der Waals surface area contributed by atoms with Crippen molar-refractivity contribution >= 4 is 46.5 Å². The van der Waals surface area contributed by atoms with Gasteiger partial charge in [-0.05, 0) is 25.1 Å². The van der Waals surface area contributed by atoms with Crippen LogP contribution in [0.3, 0.4) is 0 Å². The lowest BCUT2D eigenvalue weighted by molar-refractivity contribution is -0.384. The molecule has 1 N–H and O–H groups in total. The number of carbonyl (C=O) groups excluding carboxylic acids is 2. The minimum Gasteiger partial charge on any atom is -0.495 e. The number of nitro benzene ring substituents is 1. The van der Waals surface area contributed by atoms with E-state index < -0.39 is 22.9 Å². The van der Waals surface area contributed by atoms with E-state index >= 15 is 0 Å². The molecule has 10 heteroatoms. The smallest absolute Gasteiger partial charge is 0.340 e. The van der Waals surface area contributed by atoms with Crippen LogP contribution in [0.25, 0.3) is 0 Å². The number of non-ortho nitro benzene ring substituents is 1. The number of ether oxygens (including phenoxy) is 2. The van der Waals surface area contributed by atoms with E-state index in [9.17, 15) is 19.7 Å². The number of benzene rings is 2. The molecule has 2 aromatic carbocycles. The Balaban J connectivity index is 2.14. The topological polar surface area (TPSA) is 108 Å². The van der Waals surface area contributed by atoms with Gasteiger partial charge >= 0.3 is 5.97 Å². The number of nitrogens with one attached hydrogen (secondary N) is 1. The molecule has 0 saturated carbocycles. The molecular formula is C17H14Cl2N2O6. The highest BCUT2D eigenvalue weighted by atomic mass is 35.5. The van der Waals surface area contributed by atoms with Gasteiger partial charge in [0, 0.05) is 12.1 Å². The Morgan fingerprint density at radius 3 is 2.56 bits per heavy atom. The van der Waals surface area contributed by atoms with Crippen molar-refractivity contribution in [3.8, 4) is 5.75 Å². The largest absolute Gasteiger partial charge is 0.495 e. The van der Waals surface area contributed by atoms with Crippen LogP contribution in [-0.4, -0.2) is 30.0 Å². The number of hydrogen-bond acceptors (Lipinski definition) is 6. The van der Waals surface area contributed by atoms with Crippen LogP contribution >= 0.6 is 23.2 Å². The Labute approximate surface area is 164 Å². The number of nitro groups is 1. The van der Waals surface area contributed by atoms with Gasteiger partial charge in [0.05, 0.1) is 33.3 Å². The number of anilines is 1. The Kier molecular flexibility index (Phi) is 6.59. The molecule has 0 aliphatic carbocycles. The Morgan fingerprint density at radius 1 is 1.22 bits per heavy atom. The highest BCUT2D eigenvalue weighted by Crippen LogP contribution is 2.29. The maximum Gasteiger partial charge on any atom is 0.340 e. The minimum atomic E-state index is -1.21. The fourth-order valence-electron chi connectivity index (χ4n) is 2.08. The van der Waals surface area contributed by atoms with Crippen LogP contribution in [0.4, 0.5) is 11.4 Å². The van der Waals surface area contributed by atoms with E-state index in [1.807, 2.05) is 0 Å². The Morgan fingerprint density at radius 2 is 1.93 bits per heavy atom. The lowest BCUT2D eigenvalue weighted by Gasteiger charge is -2.15. The van der Waals surface area contributed by atoms with Crippen molar-refractivity contribution in [1.29, 1.82) is 0 Å². The van der Waals surface area contributed by atoms with E-state index in [0.29, 0.717) is 0 Å². The SMILES string of the molecule is COc1ccc([N+](=O)[O-])cc1NC(=O)[C@H](C)OC(=O)c1cccc(Cl)c1Cl. The van der Waals surface area contributed by atoms with Gasteiger partial charge in [-0.3, -0.25) is 14.9 Å². The summed E-state index contributed by atoms with van der Waals surface area (Å²) in [5.41, 5.74) is -0.154. The number of methoxy groups -OCH3 is 1. The number of rotatable bonds is 6. The van der Waals surface area contributed by atoms with E-state index in [2.05, 4.69) is 5.32 Å². The van der Waals surface area contributed by atoms with E-state index in [-0.39, 0.29) is 32.7 Å². The first-order valence-electron chi connectivity index (χ1n) is 7.53. The van der Waals surface area contributed by atoms with Crippen LogP contribution in [0.1, 0.15) is 17.3 Å². The first-order valence-corrected chi connectivity index (χ1v) is 8.28. The monoisotopic (exact) mass is 412 g/mol. The van der Waals surface area contributed by atoms with Crippen LogP contribution in [-0.2, 0) is 9.53 Å². The molecule has 142 valence electrons. The van der Waals surface area contributed by atoms with E-state index in [1.54, 1.807) is 0 Å². The lowest BCUT2D eigenvalue weighted by atomic mass is 10.2. The molecule has 8 nitrogen and oxygen atoms in total. The van der Waals surface area contributed by atoms with Gasteiger partial charge in [-0.15, -0.1) is 0 Å². The fraction of sp³-hybridized carbons (Fsp3) is 0.176. The minimum absolute atomic E-state index is 0.0109. The molecule has 2 aromatic rings. The molecular weight excluding hydrogens is 399 g/mol. The summed E-state index contributed by atoms with van der Waals surface area (Å²) in [6.07, 6.45) is -1.21. The Bertz CT molecular complexity index is 903. The van der Waals surface area contributed by atoms with Gasteiger partial charge in [-0.2, -0.15) is 0 Å². The van der Waals surface area contributed by atoms with E-state index in [1.165, 1.54) is 44.4 Å². The molecule has 0 unspecified atom stereocenters. The summed E-state index contributed by atoms with van der Waals surface area (Å²) in [7, 11) is 1.35.